The fourth-order valence-electron chi connectivity index (χ4n) is 3.18. The molecule has 2 aromatic carbocycles. The Morgan fingerprint density at radius 3 is 2.30 bits per heavy atom. The summed E-state index contributed by atoms with van der Waals surface area (Å²) >= 11 is 0. The molecule has 0 atom stereocenters. The maximum absolute atomic E-state index is 13.6. The first-order chi connectivity index (χ1) is 12.9. The molecular formula is C18H15FN2O5S. The van der Waals surface area contributed by atoms with Crippen LogP contribution in [-0.2, 0) is 19.6 Å². The zero-order valence-corrected chi connectivity index (χ0v) is 14.9. The summed E-state index contributed by atoms with van der Waals surface area (Å²) < 4.78 is 46.1. The largest absolute Gasteiger partial charge is 0.489 e. The quantitative estimate of drug-likeness (QED) is 0.749. The van der Waals surface area contributed by atoms with Gasteiger partial charge in [-0.1, -0.05) is 0 Å². The lowest BCUT2D eigenvalue weighted by Crippen LogP contribution is -2.38. The Bertz CT molecular complexity index is 1020. The molecule has 2 aliphatic heterocycles. The molecule has 2 amide bonds. The van der Waals surface area contributed by atoms with E-state index in [1.165, 1.54) is 36.4 Å². The van der Waals surface area contributed by atoms with Crippen LogP contribution in [0.25, 0.3) is 0 Å². The average Bonchev–Trinajstić information content (AvgIpc) is 2.99. The van der Waals surface area contributed by atoms with Crippen molar-refractivity contribution in [1.82, 2.24) is 0 Å². The zero-order chi connectivity index (χ0) is 19.2. The summed E-state index contributed by atoms with van der Waals surface area (Å²) in [5.41, 5.74) is 0.463. The van der Waals surface area contributed by atoms with Crippen LogP contribution in [0.5, 0.6) is 5.75 Å². The number of ether oxygens (including phenoxy) is 1. The highest BCUT2D eigenvalue weighted by molar-refractivity contribution is 7.92. The molecule has 27 heavy (non-hydrogen) atoms. The first-order valence-corrected chi connectivity index (χ1v) is 9.73. The van der Waals surface area contributed by atoms with Crippen molar-refractivity contribution in [2.75, 3.05) is 22.4 Å². The normalized spacial score (nSPS) is 17.1. The highest BCUT2D eigenvalue weighted by Crippen LogP contribution is 2.36. The van der Waals surface area contributed by atoms with E-state index in [0.717, 1.165) is 15.3 Å². The highest BCUT2D eigenvalue weighted by atomic mass is 32.2. The summed E-state index contributed by atoms with van der Waals surface area (Å²) in [6, 6.07) is 9.20. The topological polar surface area (TPSA) is 84.0 Å². The maximum Gasteiger partial charge on any atom is 0.264 e. The summed E-state index contributed by atoms with van der Waals surface area (Å²) in [6.07, 6.45) is 0.296. The fourth-order valence-corrected chi connectivity index (χ4v) is 4.63. The van der Waals surface area contributed by atoms with Crippen LogP contribution in [0.4, 0.5) is 15.8 Å². The van der Waals surface area contributed by atoms with E-state index in [1.54, 1.807) is 0 Å². The predicted octanol–water partition coefficient (Wildman–Crippen LogP) is 2.07. The van der Waals surface area contributed by atoms with Gasteiger partial charge in [-0.05, 0) is 36.4 Å². The van der Waals surface area contributed by atoms with E-state index in [-0.39, 0.29) is 54.1 Å². The standard InChI is InChI=1S/C18H15FN2O5S/c19-12-1-6-16-15(11-12)20(9-10-26-16)27(24,25)14-4-2-13(3-5-14)21-17(22)7-8-18(21)23/h1-6,11H,7-10H2. The van der Waals surface area contributed by atoms with Gasteiger partial charge in [0.25, 0.3) is 10.0 Å². The molecule has 0 saturated carbocycles. The van der Waals surface area contributed by atoms with Crippen molar-refractivity contribution in [1.29, 1.82) is 0 Å². The third kappa shape index (κ3) is 2.93. The Hall–Kier alpha value is -2.94. The predicted molar refractivity (Wildman–Crippen MR) is 94.6 cm³/mol. The summed E-state index contributed by atoms with van der Waals surface area (Å²) in [7, 11) is -3.96. The molecule has 0 radical (unpaired) electrons. The van der Waals surface area contributed by atoms with Gasteiger partial charge in [0.05, 0.1) is 22.8 Å². The number of carbonyl (C=O) groups is 2. The number of nitrogens with zero attached hydrogens (tertiary/aromatic N) is 2. The van der Waals surface area contributed by atoms with E-state index in [4.69, 9.17) is 4.74 Å². The number of fused-ring (bicyclic) bond motifs is 1. The van der Waals surface area contributed by atoms with Gasteiger partial charge in [0.15, 0.2) is 0 Å². The molecule has 0 N–H and O–H groups in total. The monoisotopic (exact) mass is 390 g/mol. The lowest BCUT2D eigenvalue weighted by molar-refractivity contribution is -0.121. The van der Waals surface area contributed by atoms with Crippen LogP contribution in [-0.4, -0.2) is 33.4 Å². The van der Waals surface area contributed by atoms with Crippen molar-refractivity contribution < 1.29 is 27.1 Å². The van der Waals surface area contributed by atoms with Crippen molar-refractivity contribution in [2.24, 2.45) is 0 Å². The Kier molecular flexibility index (Phi) is 4.11. The fraction of sp³-hybridized carbons (Fsp3) is 0.222. The Morgan fingerprint density at radius 2 is 1.63 bits per heavy atom. The number of anilines is 2. The van der Waals surface area contributed by atoms with Gasteiger partial charge < -0.3 is 4.74 Å². The maximum atomic E-state index is 13.6. The van der Waals surface area contributed by atoms with Crippen LogP contribution in [0.15, 0.2) is 47.4 Å². The van der Waals surface area contributed by atoms with Crippen LogP contribution in [0, 0.1) is 5.82 Å². The van der Waals surface area contributed by atoms with Gasteiger partial charge in [0.2, 0.25) is 11.8 Å². The third-order valence-electron chi connectivity index (χ3n) is 4.48. The molecule has 0 bridgehead atoms. The third-order valence-corrected chi connectivity index (χ3v) is 6.30. The number of hydrogen-bond acceptors (Lipinski definition) is 5. The van der Waals surface area contributed by atoms with Crippen molar-refractivity contribution in [2.45, 2.75) is 17.7 Å². The molecule has 2 heterocycles. The lowest BCUT2D eigenvalue weighted by atomic mass is 10.2. The number of rotatable bonds is 3. The van der Waals surface area contributed by atoms with E-state index in [2.05, 4.69) is 0 Å². The van der Waals surface area contributed by atoms with Crippen molar-refractivity contribution in [3.8, 4) is 5.75 Å². The van der Waals surface area contributed by atoms with Crippen LogP contribution in [0.1, 0.15) is 12.8 Å². The van der Waals surface area contributed by atoms with E-state index in [1.807, 2.05) is 0 Å². The number of benzene rings is 2. The molecule has 2 aliphatic rings. The van der Waals surface area contributed by atoms with Crippen LogP contribution < -0.4 is 13.9 Å². The summed E-state index contributed by atoms with van der Waals surface area (Å²) in [4.78, 5) is 24.7. The number of amides is 2. The van der Waals surface area contributed by atoms with Gasteiger partial charge >= 0.3 is 0 Å². The molecule has 0 aliphatic carbocycles. The molecule has 2 aromatic rings. The number of hydrogen-bond donors (Lipinski definition) is 0. The van der Waals surface area contributed by atoms with Gasteiger partial charge in [0, 0.05) is 18.9 Å². The van der Waals surface area contributed by atoms with Crippen LogP contribution in [0.3, 0.4) is 0 Å². The van der Waals surface area contributed by atoms with Gasteiger partial charge in [-0.15, -0.1) is 0 Å². The van der Waals surface area contributed by atoms with Crippen molar-refractivity contribution in [3.05, 3.63) is 48.3 Å². The molecule has 7 nitrogen and oxygen atoms in total. The van der Waals surface area contributed by atoms with Gasteiger partial charge in [-0.2, -0.15) is 0 Å². The molecule has 1 fully saturated rings. The molecule has 4 rings (SSSR count). The van der Waals surface area contributed by atoms with Gasteiger partial charge in [0.1, 0.15) is 18.2 Å². The first-order valence-electron chi connectivity index (χ1n) is 8.29. The molecule has 0 unspecified atom stereocenters. The summed E-state index contributed by atoms with van der Waals surface area (Å²) in [6.45, 7) is 0.191. The van der Waals surface area contributed by atoms with E-state index < -0.39 is 15.8 Å². The lowest BCUT2D eigenvalue weighted by Gasteiger charge is -2.30. The van der Waals surface area contributed by atoms with Crippen molar-refractivity contribution in [3.63, 3.8) is 0 Å². The van der Waals surface area contributed by atoms with E-state index in [9.17, 15) is 22.4 Å². The second-order valence-corrected chi connectivity index (χ2v) is 8.02. The average molecular weight is 390 g/mol. The number of sulfonamides is 1. The van der Waals surface area contributed by atoms with Gasteiger partial charge in [-0.25, -0.2) is 12.8 Å². The second kappa shape index (κ2) is 6.34. The van der Waals surface area contributed by atoms with Crippen LogP contribution in [0.2, 0.25) is 0 Å². The molecule has 0 spiro atoms. The smallest absolute Gasteiger partial charge is 0.264 e. The molecule has 1 saturated heterocycles. The minimum Gasteiger partial charge on any atom is -0.489 e. The zero-order valence-electron chi connectivity index (χ0n) is 14.1. The summed E-state index contributed by atoms with van der Waals surface area (Å²) in [5, 5.41) is 0. The minimum atomic E-state index is -3.96. The Morgan fingerprint density at radius 1 is 0.963 bits per heavy atom. The molecule has 0 aromatic heterocycles. The highest BCUT2D eigenvalue weighted by Gasteiger charge is 2.32. The molecule has 140 valence electrons. The minimum absolute atomic E-state index is 0.0255. The second-order valence-electron chi connectivity index (χ2n) is 6.15. The first kappa shape index (κ1) is 17.5. The molecular weight excluding hydrogens is 375 g/mol. The van der Waals surface area contributed by atoms with E-state index in [0.29, 0.717) is 5.69 Å². The number of imide groups is 1. The van der Waals surface area contributed by atoms with Crippen LogP contribution >= 0.6 is 0 Å². The van der Waals surface area contributed by atoms with Crippen molar-refractivity contribution >= 4 is 33.2 Å². The molecule has 9 heteroatoms. The number of halogens is 1. The number of carbonyl (C=O) groups excluding carboxylic acids is 2. The van der Waals surface area contributed by atoms with E-state index >= 15 is 0 Å². The Labute approximate surface area is 155 Å². The SMILES string of the molecule is O=C1CCC(=O)N1c1ccc(S(=O)(=O)N2CCOc3ccc(F)cc32)cc1. The van der Waals surface area contributed by atoms with Gasteiger partial charge in [-0.3, -0.25) is 18.8 Å². The summed E-state index contributed by atoms with van der Waals surface area (Å²) in [5.74, 6) is -0.904. The Balaban J connectivity index is 1.69.